The highest BCUT2D eigenvalue weighted by molar-refractivity contribution is 5.98. The molecule has 55 heavy (non-hydrogen) atoms. The van der Waals surface area contributed by atoms with E-state index in [0.29, 0.717) is 0 Å². The van der Waals surface area contributed by atoms with E-state index >= 15 is 0 Å². The Kier molecular flexibility index (Phi) is 7.92. The third-order valence-corrected chi connectivity index (χ3v) is 12.2. The highest BCUT2D eigenvalue weighted by Crippen LogP contribution is 2.65. The number of hydrogen-bond acceptors (Lipinski definition) is 1. The number of benzene rings is 7. The number of nitrogens with zero attached hydrogens (tertiary/aromatic N) is 1. The Morgan fingerprint density at radius 1 is 0.527 bits per heavy atom. The van der Waals surface area contributed by atoms with Crippen LogP contribution in [0, 0.1) is 0 Å². The van der Waals surface area contributed by atoms with Gasteiger partial charge in [-0.25, -0.2) is 0 Å². The van der Waals surface area contributed by atoms with Gasteiger partial charge in [-0.2, -0.15) is 0 Å². The van der Waals surface area contributed by atoms with Crippen molar-refractivity contribution in [2.24, 2.45) is 0 Å². The van der Waals surface area contributed by atoms with Crippen LogP contribution in [0.15, 0.2) is 205 Å². The fourth-order valence-electron chi connectivity index (χ4n) is 9.87. The van der Waals surface area contributed by atoms with Crippen LogP contribution < -0.4 is 4.90 Å². The maximum atomic E-state index is 2.46. The van der Waals surface area contributed by atoms with Gasteiger partial charge in [0.1, 0.15) is 0 Å². The Morgan fingerprint density at radius 3 is 1.78 bits per heavy atom. The molecular formula is C54H43N. The summed E-state index contributed by atoms with van der Waals surface area (Å²) in [5.74, 6) is 0. The lowest BCUT2D eigenvalue weighted by Gasteiger charge is -2.48. The summed E-state index contributed by atoms with van der Waals surface area (Å²) in [6.45, 7) is 4.83. The molecule has 0 radical (unpaired) electrons. The molecule has 0 heterocycles. The van der Waals surface area contributed by atoms with Crippen molar-refractivity contribution >= 4 is 28.7 Å². The van der Waals surface area contributed by atoms with Crippen molar-refractivity contribution in [2.75, 3.05) is 4.90 Å². The van der Waals surface area contributed by atoms with Crippen LogP contribution in [0.2, 0.25) is 0 Å². The van der Waals surface area contributed by atoms with E-state index in [1.54, 1.807) is 5.57 Å². The van der Waals surface area contributed by atoms with E-state index in [9.17, 15) is 0 Å². The molecule has 1 atom stereocenters. The quantitative estimate of drug-likeness (QED) is 0.156. The molecule has 1 nitrogen and oxygen atoms in total. The molecule has 10 rings (SSSR count). The van der Waals surface area contributed by atoms with E-state index in [1.165, 1.54) is 61.3 Å². The molecule has 3 aliphatic rings. The lowest BCUT2D eigenvalue weighted by atomic mass is 9.54. The van der Waals surface area contributed by atoms with Crippen LogP contribution in [-0.2, 0) is 10.8 Å². The van der Waals surface area contributed by atoms with Crippen molar-refractivity contribution in [1.29, 1.82) is 0 Å². The molecular weight excluding hydrogens is 663 g/mol. The van der Waals surface area contributed by atoms with E-state index in [-0.39, 0.29) is 10.8 Å². The van der Waals surface area contributed by atoms with Crippen molar-refractivity contribution < 1.29 is 0 Å². The standard InChI is InChI=1S/C54H43N/c1-53(2)46-27-14-16-29-48(46)54(49-30-17-15-28-47(49)53)45-26-13-12-25-43(45)52-50(54)31-18-32-51(52)55(41-23-10-5-11-24-41)42-35-33-38(34-36-42)37-44(39-19-6-3-7-20-39)40-21-8-4-9-22-40/h3-16,18-29,31-37H,17,30H2,1-2H3. The molecule has 0 saturated heterocycles. The first kappa shape index (κ1) is 33.2. The summed E-state index contributed by atoms with van der Waals surface area (Å²) < 4.78 is 0. The smallest absolute Gasteiger partial charge is 0.0683 e. The predicted octanol–water partition coefficient (Wildman–Crippen LogP) is 14.0. The molecule has 264 valence electrons. The van der Waals surface area contributed by atoms with E-state index in [0.717, 1.165) is 29.8 Å². The summed E-state index contributed by atoms with van der Waals surface area (Å²) in [6.07, 6.45) is 9.25. The van der Waals surface area contributed by atoms with E-state index in [2.05, 4.69) is 219 Å². The van der Waals surface area contributed by atoms with Gasteiger partial charge in [0.25, 0.3) is 0 Å². The summed E-state index contributed by atoms with van der Waals surface area (Å²) in [4.78, 5) is 2.46. The number of hydrogen-bond donors (Lipinski definition) is 0. The van der Waals surface area contributed by atoms with Gasteiger partial charge in [0.05, 0.1) is 11.1 Å². The van der Waals surface area contributed by atoms with E-state index < -0.39 is 0 Å². The zero-order chi connectivity index (χ0) is 37.0. The summed E-state index contributed by atoms with van der Waals surface area (Å²) in [5.41, 5.74) is 19.1. The van der Waals surface area contributed by atoms with Crippen molar-refractivity contribution in [3.8, 4) is 11.1 Å². The number of fused-ring (bicyclic) bond motifs is 8. The molecule has 1 spiro atoms. The average Bonchev–Trinajstić information content (AvgIpc) is 3.55. The third-order valence-electron chi connectivity index (χ3n) is 12.2. The summed E-state index contributed by atoms with van der Waals surface area (Å²) in [6, 6.07) is 66.9. The minimum atomic E-state index is -0.365. The minimum absolute atomic E-state index is 0.0867. The fourth-order valence-corrected chi connectivity index (χ4v) is 9.87. The minimum Gasteiger partial charge on any atom is -0.310 e. The van der Waals surface area contributed by atoms with Crippen LogP contribution >= 0.6 is 0 Å². The molecule has 1 heteroatoms. The molecule has 7 aromatic carbocycles. The van der Waals surface area contributed by atoms with Crippen molar-refractivity contribution in [2.45, 2.75) is 37.5 Å². The first-order valence-corrected chi connectivity index (χ1v) is 19.6. The lowest BCUT2D eigenvalue weighted by Crippen LogP contribution is -2.41. The molecule has 0 N–H and O–H groups in total. The second-order valence-electron chi connectivity index (χ2n) is 15.6. The molecule has 0 amide bonds. The van der Waals surface area contributed by atoms with Gasteiger partial charge >= 0.3 is 0 Å². The van der Waals surface area contributed by atoms with Gasteiger partial charge in [-0.3, -0.25) is 0 Å². The first-order chi connectivity index (χ1) is 27.1. The molecule has 7 aromatic rings. The zero-order valence-corrected chi connectivity index (χ0v) is 31.4. The van der Waals surface area contributed by atoms with Crippen molar-refractivity contribution in [1.82, 2.24) is 0 Å². The van der Waals surface area contributed by atoms with Crippen LogP contribution in [0.5, 0.6) is 0 Å². The maximum absolute atomic E-state index is 2.46. The second-order valence-corrected chi connectivity index (χ2v) is 15.6. The Balaban J connectivity index is 1.18. The number of anilines is 3. The van der Waals surface area contributed by atoms with Crippen LogP contribution in [-0.4, -0.2) is 0 Å². The summed E-state index contributed by atoms with van der Waals surface area (Å²) in [7, 11) is 0. The Hall–Kier alpha value is -6.44. The molecule has 0 bridgehead atoms. The lowest BCUT2D eigenvalue weighted by molar-refractivity contribution is 0.536. The van der Waals surface area contributed by atoms with Gasteiger partial charge in [0.2, 0.25) is 0 Å². The molecule has 3 aliphatic carbocycles. The van der Waals surface area contributed by atoms with Gasteiger partial charge in [-0.15, -0.1) is 0 Å². The fraction of sp³-hybridized carbons (Fsp3) is 0.111. The van der Waals surface area contributed by atoms with Gasteiger partial charge in [-0.1, -0.05) is 178 Å². The Labute approximate surface area is 325 Å². The Morgan fingerprint density at radius 2 is 1.09 bits per heavy atom. The summed E-state index contributed by atoms with van der Waals surface area (Å²) >= 11 is 0. The van der Waals surface area contributed by atoms with Gasteiger partial charge in [0.15, 0.2) is 0 Å². The topological polar surface area (TPSA) is 3.24 Å². The molecule has 0 aliphatic heterocycles. The summed E-state index contributed by atoms with van der Waals surface area (Å²) in [5, 5.41) is 0. The van der Waals surface area contributed by atoms with Crippen LogP contribution in [0.3, 0.4) is 0 Å². The number of allylic oxidation sites excluding steroid dienone is 4. The Bertz CT molecular complexity index is 2600. The zero-order valence-electron chi connectivity index (χ0n) is 31.4. The van der Waals surface area contributed by atoms with E-state index in [1.807, 2.05) is 0 Å². The normalized spacial score (nSPS) is 17.2. The molecule has 0 fully saturated rings. The van der Waals surface area contributed by atoms with Crippen molar-refractivity contribution in [3.63, 3.8) is 0 Å². The predicted molar refractivity (Wildman–Crippen MR) is 231 cm³/mol. The first-order valence-electron chi connectivity index (χ1n) is 19.6. The highest BCUT2D eigenvalue weighted by Gasteiger charge is 2.54. The largest absolute Gasteiger partial charge is 0.310 e. The second kappa shape index (κ2) is 13.1. The monoisotopic (exact) mass is 705 g/mol. The average molecular weight is 706 g/mol. The van der Waals surface area contributed by atoms with E-state index in [4.69, 9.17) is 0 Å². The number of rotatable bonds is 6. The maximum Gasteiger partial charge on any atom is 0.0683 e. The van der Waals surface area contributed by atoms with Crippen LogP contribution in [0.4, 0.5) is 17.1 Å². The van der Waals surface area contributed by atoms with Gasteiger partial charge in [-0.05, 0) is 110 Å². The third kappa shape index (κ3) is 5.14. The van der Waals surface area contributed by atoms with Crippen LogP contribution in [0.25, 0.3) is 22.8 Å². The SMILES string of the molecule is CC1(C)C2=C(CCC=C2)C2(c3ccccc3-c3c(N(c4ccccc4)c4ccc(C=C(c5ccccc5)c5ccccc5)cc4)cccc32)c2ccccc21. The number of para-hydroxylation sites is 1. The molecule has 1 unspecified atom stereocenters. The highest BCUT2D eigenvalue weighted by atomic mass is 15.1. The van der Waals surface area contributed by atoms with Gasteiger partial charge < -0.3 is 4.90 Å². The van der Waals surface area contributed by atoms with Crippen molar-refractivity contribution in [3.05, 3.63) is 244 Å². The molecule has 0 saturated carbocycles. The van der Waals surface area contributed by atoms with Gasteiger partial charge in [0, 0.05) is 22.4 Å². The molecule has 0 aromatic heterocycles. The van der Waals surface area contributed by atoms with Crippen LogP contribution in [0.1, 0.15) is 65.6 Å².